The van der Waals surface area contributed by atoms with E-state index in [1.807, 2.05) is 49.4 Å². The number of rotatable bonds is 6. The van der Waals surface area contributed by atoms with Crippen molar-refractivity contribution in [3.63, 3.8) is 0 Å². The Morgan fingerprint density at radius 1 is 1.07 bits per heavy atom. The highest BCUT2D eigenvalue weighted by Crippen LogP contribution is 2.42. The lowest BCUT2D eigenvalue weighted by atomic mass is 9.79. The molecule has 142 valence electrons. The van der Waals surface area contributed by atoms with Crippen LogP contribution in [0.1, 0.15) is 49.8 Å². The third-order valence-corrected chi connectivity index (χ3v) is 5.51. The minimum Gasteiger partial charge on any atom is -0.455 e. The van der Waals surface area contributed by atoms with Gasteiger partial charge < -0.3 is 10.1 Å². The van der Waals surface area contributed by atoms with Gasteiger partial charge in [0.25, 0.3) is 5.91 Å². The van der Waals surface area contributed by atoms with E-state index in [1.54, 1.807) is 12.1 Å². The second-order valence-electron chi connectivity index (χ2n) is 7.07. The van der Waals surface area contributed by atoms with E-state index in [0.717, 1.165) is 36.8 Å². The van der Waals surface area contributed by atoms with Crippen LogP contribution in [0.15, 0.2) is 54.6 Å². The Morgan fingerprint density at radius 2 is 1.70 bits per heavy atom. The summed E-state index contributed by atoms with van der Waals surface area (Å²) in [4.78, 5) is 25.1. The first kappa shape index (κ1) is 19.4. The van der Waals surface area contributed by atoms with E-state index in [-0.39, 0.29) is 24.5 Å². The number of hydrogen-bond donors (Lipinski definition) is 1. The Hall–Kier alpha value is -2.33. The molecule has 1 N–H and O–H groups in total. The van der Waals surface area contributed by atoms with Crippen LogP contribution in [0.3, 0.4) is 0 Å². The fourth-order valence-corrected chi connectivity index (χ4v) is 3.86. The minimum atomic E-state index is -0.671. The normalized spacial score (nSPS) is 16.5. The average Bonchev–Trinajstić information content (AvgIpc) is 3.18. The second-order valence-corrected chi connectivity index (χ2v) is 7.51. The summed E-state index contributed by atoms with van der Waals surface area (Å²) >= 11 is 5.98. The molecule has 5 heteroatoms. The second kappa shape index (κ2) is 8.57. The quantitative estimate of drug-likeness (QED) is 0.741. The zero-order valence-electron chi connectivity index (χ0n) is 15.4. The lowest BCUT2D eigenvalue weighted by molar-refractivity contribution is -0.154. The van der Waals surface area contributed by atoms with Gasteiger partial charge in [-0.05, 0) is 43.0 Å². The lowest BCUT2D eigenvalue weighted by Crippen LogP contribution is -2.38. The maximum Gasteiger partial charge on any atom is 0.317 e. The molecule has 1 atom stereocenters. The molecular formula is C22H24ClNO3. The smallest absolute Gasteiger partial charge is 0.317 e. The summed E-state index contributed by atoms with van der Waals surface area (Å²) in [5, 5.41) is 3.50. The van der Waals surface area contributed by atoms with E-state index in [4.69, 9.17) is 16.3 Å². The number of esters is 1. The molecular weight excluding hydrogens is 362 g/mol. The summed E-state index contributed by atoms with van der Waals surface area (Å²) in [7, 11) is 0. The summed E-state index contributed by atoms with van der Waals surface area (Å²) < 4.78 is 5.43. The molecule has 0 radical (unpaired) electrons. The highest BCUT2D eigenvalue weighted by Gasteiger charge is 2.44. The van der Waals surface area contributed by atoms with Crippen LogP contribution < -0.4 is 5.32 Å². The molecule has 1 amide bonds. The maximum absolute atomic E-state index is 12.9. The van der Waals surface area contributed by atoms with Gasteiger partial charge in [-0.25, -0.2) is 0 Å². The van der Waals surface area contributed by atoms with Gasteiger partial charge in [-0.2, -0.15) is 0 Å². The Bertz CT molecular complexity index is 783. The van der Waals surface area contributed by atoms with Crippen LogP contribution in [-0.2, 0) is 19.7 Å². The van der Waals surface area contributed by atoms with Crippen LogP contribution in [-0.4, -0.2) is 18.5 Å². The Labute approximate surface area is 164 Å². The molecule has 3 rings (SSSR count). The van der Waals surface area contributed by atoms with Gasteiger partial charge in [0.15, 0.2) is 6.61 Å². The standard InChI is InChI=1S/C22H24ClNO3/c1-16(17-7-3-2-4-8-17)24-20(25)15-27-21(26)22(13-5-6-14-22)18-9-11-19(23)12-10-18/h2-4,7-12,16H,5-6,13-15H2,1H3,(H,24,25). The predicted molar refractivity (Wildman–Crippen MR) is 106 cm³/mol. The van der Waals surface area contributed by atoms with Crippen molar-refractivity contribution in [1.29, 1.82) is 0 Å². The van der Waals surface area contributed by atoms with Gasteiger partial charge in [-0.1, -0.05) is 66.9 Å². The first-order chi connectivity index (χ1) is 13.0. The van der Waals surface area contributed by atoms with Crippen LogP contribution in [0.25, 0.3) is 0 Å². The molecule has 1 fully saturated rings. The third-order valence-electron chi connectivity index (χ3n) is 5.26. The molecule has 0 saturated heterocycles. The minimum absolute atomic E-state index is 0.144. The predicted octanol–water partition coefficient (Wildman–Crippen LogP) is 4.57. The van der Waals surface area contributed by atoms with Gasteiger partial charge in [0.05, 0.1) is 11.5 Å². The number of nitrogens with one attached hydrogen (secondary N) is 1. The Balaban J connectivity index is 1.61. The average molecular weight is 386 g/mol. The number of halogens is 1. The van der Waals surface area contributed by atoms with Gasteiger partial charge in [-0.3, -0.25) is 9.59 Å². The van der Waals surface area contributed by atoms with Crippen molar-refractivity contribution in [3.05, 3.63) is 70.7 Å². The highest BCUT2D eigenvalue weighted by atomic mass is 35.5. The van der Waals surface area contributed by atoms with Crippen molar-refractivity contribution in [2.45, 2.75) is 44.1 Å². The van der Waals surface area contributed by atoms with Crippen LogP contribution in [0, 0.1) is 0 Å². The summed E-state index contributed by atoms with van der Waals surface area (Å²) in [6, 6.07) is 16.9. The molecule has 0 bridgehead atoms. The fraction of sp³-hybridized carbons (Fsp3) is 0.364. The Kier molecular flexibility index (Phi) is 6.17. The van der Waals surface area contributed by atoms with Crippen molar-refractivity contribution in [2.24, 2.45) is 0 Å². The van der Waals surface area contributed by atoms with Crippen molar-refractivity contribution in [1.82, 2.24) is 5.32 Å². The zero-order chi connectivity index (χ0) is 19.3. The van der Waals surface area contributed by atoms with E-state index in [0.29, 0.717) is 5.02 Å². The molecule has 0 heterocycles. The Morgan fingerprint density at radius 3 is 2.33 bits per heavy atom. The molecule has 0 aromatic heterocycles. The number of carbonyl (C=O) groups is 2. The van der Waals surface area contributed by atoms with E-state index in [9.17, 15) is 9.59 Å². The van der Waals surface area contributed by atoms with Gasteiger partial charge in [0.1, 0.15) is 0 Å². The summed E-state index contributed by atoms with van der Waals surface area (Å²) in [6.45, 7) is 1.63. The van der Waals surface area contributed by atoms with Crippen molar-refractivity contribution >= 4 is 23.5 Å². The highest BCUT2D eigenvalue weighted by molar-refractivity contribution is 6.30. The van der Waals surface area contributed by atoms with Gasteiger partial charge >= 0.3 is 5.97 Å². The molecule has 1 aliphatic rings. The lowest BCUT2D eigenvalue weighted by Gasteiger charge is -2.27. The molecule has 4 nitrogen and oxygen atoms in total. The van der Waals surface area contributed by atoms with Gasteiger partial charge in [-0.15, -0.1) is 0 Å². The van der Waals surface area contributed by atoms with Crippen LogP contribution in [0.5, 0.6) is 0 Å². The SMILES string of the molecule is CC(NC(=O)COC(=O)C1(c2ccc(Cl)cc2)CCCC1)c1ccccc1. The largest absolute Gasteiger partial charge is 0.455 e. The number of amides is 1. The summed E-state index contributed by atoms with van der Waals surface area (Å²) in [5.41, 5.74) is 1.24. The molecule has 1 aliphatic carbocycles. The zero-order valence-corrected chi connectivity index (χ0v) is 16.2. The van der Waals surface area contributed by atoms with E-state index in [1.165, 1.54) is 0 Å². The van der Waals surface area contributed by atoms with Crippen LogP contribution >= 0.6 is 11.6 Å². The maximum atomic E-state index is 12.9. The van der Waals surface area contributed by atoms with Crippen molar-refractivity contribution in [3.8, 4) is 0 Å². The first-order valence-electron chi connectivity index (χ1n) is 9.29. The third kappa shape index (κ3) is 4.51. The molecule has 1 unspecified atom stereocenters. The van der Waals surface area contributed by atoms with Crippen LogP contribution in [0.2, 0.25) is 5.02 Å². The molecule has 2 aromatic carbocycles. The first-order valence-corrected chi connectivity index (χ1v) is 9.67. The van der Waals surface area contributed by atoms with Gasteiger partial charge in [0.2, 0.25) is 0 Å². The summed E-state index contributed by atoms with van der Waals surface area (Å²) in [5.74, 6) is -0.631. The van der Waals surface area contributed by atoms with Crippen molar-refractivity contribution < 1.29 is 14.3 Å². The van der Waals surface area contributed by atoms with Gasteiger partial charge in [0, 0.05) is 5.02 Å². The molecule has 2 aromatic rings. The monoisotopic (exact) mass is 385 g/mol. The van der Waals surface area contributed by atoms with Crippen molar-refractivity contribution in [2.75, 3.05) is 6.61 Å². The van der Waals surface area contributed by atoms with Crippen LogP contribution in [0.4, 0.5) is 0 Å². The van der Waals surface area contributed by atoms with E-state index in [2.05, 4.69) is 5.32 Å². The molecule has 27 heavy (non-hydrogen) atoms. The number of carbonyl (C=O) groups excluding carboxylic acids is 2. The fourth-order valence-electron chi connectivity index (χ4n) is 3.74. The summed E-state index contributed by atoms with van der Waals surface area (Å²) in [6.07, 6.45) is 3.40. The molecule has 0 spiro atoms. The number of ether oxygens (including phenoxy) is 1. The molecule has 1 saturated carbocycles. The number of benzene rings is 2. The van der Waals surface area contributed by atoms with E-state index >= 15 is 0 Å². The number of hydrogen-bond acceptors (Lipinski definition) is 3. The topological polar surface area (TPSA) is 55.4 Å². The van der Waals surface area contributed by atoms with E-state index < -0.39 is 5.41 Å². The molecule has 0 aliphatic heterocycles.